The van der Waals surface area contributed by atoms with Gasteiger partial charge in [-0.3, -0.25) is 0 Å². The number of nitrogens with one attached hydrogen (secondary N) is 1. The number of aliphatic imine (C=N–C) groups is 1. The van der Waals surface area contributed by atoms with Gasteiger partial charge in [0.2, 0.25) is 5.90 Å². The Kier molecular flexibility index (Phi) is 8.73. The van der Waals surface area contributed by atoms with Gasteiger partial charge in [0, 0.05) is 5.56 Å². The van der Waals surface area contributed by atoms with Crippen molar-refractivity contribution in [3.63, 3.8) is 0 Å². The second-order valence-electron chi connectivity index (χ2n) is 8.41. The first-order chi connectivity index (χ1) is 15.9. The highest BCUT2D eigenvalue weighted by molar-refractivity contribution is 5.88. The molecule has 3 rings (SSSR count). The molecule has 6 heteroatoms. The first-order valence-electron chi connectivity index (χ1n) is 11.7. The van der Waals surface area contributed by atoms with Crippen LogP contribution in [0.1, 0.15) is 60.9 Å². The molecule has 3 nitrogen and oxygen atoms in total. The maximum Gasteiger partial charge on any atom is 0.416 e. The summed E-state index contributed by atoms with van der Waals surface area (Å²) in [4.78, 5) is 4.56. The minimum absolute atomic E-state index is 0.00461. The van der Waals surface area contributed by atoms with Gasteiger partial charge in [0.1, 0.15) is 0 Å². The Morgan fingerprint density at radius 2 is 1.79 bits per heavy atom. The van der Waals surface area contributed by atoms with Gasteiger partial charge in [-0.2, -0.15) is 13.2 Å². The van der Waals surface area contributed by atoms with E-state index in [9.17, 15) is 13.2 Å². The van der Waals surface area contributed by atoms with E-state index in [1.807, 2.05) is 12.1 Å². The van der Waals surface area contributed by atoms with Gasteiger partial charge in [-0.05, 0) is 68.3 Å². The van der Waals surface area contributed by atoms with Crippen molar-refractivity contribution in [2.24, 2.45) is 4.99 Å². The van der Waals surface area contributed by atoms with Crippen molar-refractivity contribution in [1.82, 2.24) is 5.32 Å². The molecule has 1 atom stereocenters. The van der Waals surface area contributed by atoms with E-state index >= 15 is 0 Å². The predicted molar refractivity (Wildman–Crippen MR) is 128 cm³/mol. The number of rotatable bonds is 8. The van der Waals surface area contributed by atoms with Crippen LogP contribution in [0.2, 0.25) is 0 Å². The fourth-order valence-electron chi connectivity index (χ4n) is 4.23. The molecule has 1 fully saturated rings. The summed E-state index contributed by atoms with van der Waals surface area (Å²) in [6, 6.07) is 12.7. The van der Waals surface area contributed by atoms with E-state index in [1.165, 1.54) is 11.6 Å². The predicted octanol–water partition coefficient (Wildman–Crippen LogP) is 6.60. The monoisotopic (exact) mass is 458 g/mol. The zero-order valence-corrected chi connectivity index (χ0v) is 19.6. The van der Waals surface area contributed by atoms with Gasteiger partial charge in [0.25, 0.3) is 0 Å². The van der Waals surface area contributed by atoms with Gasteiger partial charge < -0.3 is 10.1 Å². The first-order valence-corrected chi connectivity index (χ1v) is 11.7. The molecule has 1 aliphatic heterocycles. The number of hydrogen-bond donors (Lipinski definition) is 1. The number of allylic oxidation sites excluding steroid dienone is 1. The Morgan fingerprint density at radius 1 is 1.09 bits per heavy atom. The molecule has 0 amide bonds. The van der Waals surface area contributed by atoms with Gasteiger partial charge in [0.15, 0.2) is 0 Å². The minimum Gasteiger partial charge on any atom is -0.483 e. The van der Waals surface area contributed by atoms with Crippen LogP contribution in [0.5, 0.6) is 0 Å². The van der Waals surface area contributed by atoms with Crippen molar-refractivity contribution in [3.05, 3.63) is 76.4 Å². The van der Waals surface area contributed by atoms with E-state index in [1.54, 1.807) is 32.2 Å². The fraction of sp³-hybridized carbons (Fsp3) is 0.444. The maximum absolute atomic E-state index is 13.9. The molecule has 0 aliphatic carbocycles. The Morgan fingerprint density at radius 3 is 2.33 bits per heavy atom. The Balaban J connectivity index is 1.83. The standard InChI is InChI=1S/C27H33F3N2O/c1-4-7-19-9-11-20(12-10-19)13-14-21-15-16-22(18-23(21)27(28,29)30)24(5-2)32-26(33-3)25-8-6-17-31-25/h5,9-12,15-16,18,25,31H,4,6-8,13-14,17H2,1-3H3/b24-5-,32-26-. The molecule has 1 aliphatic rings. The molecule has 2 aromatic carbocycles. The van der Waals surface area contributed by atoms with Crippen LogP contribution in [0.25, 0.3) is 5.70 Å². The summed E-state index contributed by atoms with van der Waals surface area (Å²) < 4.78 is 47.3. The highest BCUT2D eigenvalue weighted by Gasteiger charge is 2.33. The average molecular weight is 459 g/mol. The molecule has 1 saturated heterocycles. The third-order valence-corrected chi connectivity index (χ3v) is 6.03. The normalized spacial score (nSPS) is 17.5. The third-order valence-electron chi connectivity index (χ3n) is 6.03. The lowest BCUT2D eigenvalue weighted by Crippen LogP contribution is -2.32. The molecule has 0 aromatic heterocycles. The van der Waals surface area contributed by atoms with Gasteiger partial charge in [-0.25, -0.2) is 4.99 Å². The van der Waals surface area contributed by atoms with E-state index in [0.29, 0.717) is 35.6 Å². The summed E-state index contributed by atoms with van der Waals surface area (Å²) >= 11 is 0. The number of nitrogens with zero attached hydrogens (tertiary/aromatic N) is 1. The number of benzene rings is 2. The van der Waals surface area contributed by atoms with Crippen molar-refractivity contribution >= 4 is 11.6 Å². The zero-order chi connectivity index (χ0) is 23.8. The van der Waals surface area contributed by atoms with E-state index in [0.717, 1.165) is 37.8 Å². The molecule has 178 valence electrons. The highest BCUT2D eigenvalue weighted by atomic mass is 19.4. The molecule has 0 spiro atoms. The summed E-state index contributed by atoms with van der Waals surface area (Å²) in [6.45, 7) is 4.78. The summed E-state index contributed by atoms with van der Waals surface area (Å²) in [7, 11) is 1.55. The van der Waals surface area contributed by atoms with E-state index in [-0.39, 0.29) is 6.04 Å². The Hall–Kier alpha value is -2.60. The topological polar surface area (TPSA) is 33.6 Å². The SMILES string of the molecule is C/C=C(\N=C(/OC)C1CCCN1)c1ccc(CCc2ccc(CCC)cc2)c(C(F)(F)F)c1. The summed E-state index contributed by atoms with van der Waals surface area (Å²) in [5, 5.41) is 3.31. The molecule has 33 heavy (non-hydrogen) atoms. The van der Waals surface area contributed by atoms with Gasteiger partial charge in [0.05, 0.1) is 24.4 Å². The largest absolute Gasteiger partial charge is 0.483 e. The van der Waals surface area contributed by atoms with Crippen molar-refractivity contribution in [2.45, 2.75) is 64.6 Å². The van der Waals surface area contributed by atoms with Crippen LogP contribution in [0.15, 0.2) is 53.5 Å². The lowest BCUT2D eigenvalue weighted by Gasteiger charge is -2.17. The summed E-state index contributed by atoms with van der Waals surface area (Å²) in [5.41, 5.74) is 2.90. The fourth-order valence-corrected chi connectivity index (χ4v) is 4.23. The number of ether oxygens (including phenoxy) is 1. The smallest absolute Gasteiger partial charge is 0.416 e. The number of halogens is 3. The van der Waals surface area contributed by atoms with Crippen LogP contribution in [0, 0.1) is 0 Å². The molecule has 0 bridgehead atoms. The maximum atomic E-state index is 13.9. The van der Waals surface area contributed by atoms with Crippen molar-refractivity contribution in [2.75, 3.05) is 13.7 Å². The number of hydrogen-bond acceptors (Lipinski definition) is 3. The molecule has 0 radical (unpaired) electrons. The molecule has 1 unspecified atom stereocenters. The molecule has 1 heterocycles. The molecular formula is C27H33F3N2O. The molecule has 2 aromatic rings. The second-order valence-corrected chi connectivity index (χ2v) is 8.41. The van der Waals surface area contributed by atoms with Crippen LogP contribution in [0.4, 0.5) is 13.2 Å². The van der Waals surface area contributed by atoms with E-state index < -0.39 is 11.7 Å². The molecule has 1 N–H and O–H groups in total. The Labute approximate surface area is 194 Å². The zero-order valence-electron chi connectivity index (χ0n) is 19.6. The minimum atomic E-state index is -4.43. The van der Waals surface area contributed by atoms with Crippen LogP contribution in [-0.4, -0.2) is 25.6 Å². The molecular weight excluding hydrogens is 425 g/mol. The average Bonchev–Trinajstić information content (AvgIpc) is 3.34. The lowest BCUT2D eigenvalue weighted by atomic mass is 9.96. The quantitative estimate of drug-likeness (QED) is 0.357. The summed E-state index contributed by atoms with van der Waals surface area (Å²) in [6.07, 6.45) is 2.18. The van der Waals surface area contributed by atoms with Crippen molar-refractivity contribution in [3.8, 4) is 0 Å². The van der Waals surface area contributed by atoms with Crippen LogP contribution < -0.4 is 5.32 Å². The van der Waals surface area contributed by atoms with E-state index in [4.69, 9.17) is 4.74 Å². The van der Waals surface area contributed by atoms with E-state index in [2.05, 4.69) is 29.4 Å². The van der Waals surface area contributed by atoms with Crippen molar-refractivity contribution < 1.29 is 17.9 Å². The Bertz CT molecular complexity index is 972. The second kappa shape index (κ2) is 11.5. The van der Waals surface area contributed by atoms with Gasteiger partial charge in [-0.15, -0.1) is 0 Å². The van der Waals surface area contributed by atoms with Gasteiger partial charge in [-0.1, -0.05) is 55.8 Å². The van der Waals surface area contributed by atoms with Crippen molar-refractivity contribution in [1.29, 1.82) is 0 Å². The van der Waals surface area contributed by atoms with Gasteiger partial charge >= 0.3 is 6.18 Å². The number of aryl methyl sites for hydroxylation is 3. The van der Waals surface area contributed by atoms with Crippen LogP contribution >= 0.6 is 0 Å². The lowest BCUT2D eigenvalue weighted by molar-refractivity contribution is -0.138. The number of methoxy groups -OCH3 is 1. The summed E-state index contributed by atoms with van der Waals surface area (Å²) in [5.74, 6) is 0.504. The van der Waals surface area contributed by atoms with Crippen LogP contribution in [0.3, 0.4) is 0 Å². The number of alkyl halides is 3. The third kappa shape index (κ3) is 6.70. The van der Waals surface area contributed by atoms with Crippen LogP contribution in [-0.2, 0) is 30.2 Å². The molecule has 0 saturated carbocycles. The first kappa shape index (κ1) is 25.0. The highest BCUT2D eigenvalue weighted by Crippen LogP contribution is 2.35.